The highest BCUT2D eigenvalue weighted by Crippen LogP contribution is 2.15. The standard InChI is InChI=1S/C17H20N2O3/c1-13-6-5-10-19(17(13)22)12-16(21)18-15(9-11-20)14-7-3-2-4-8-14/h2-8,10,15,20H,9,11-12H2,1H3,(H,18,21). The van der Waals surface area contributed by atoms with Gasteiger partial charge in [-0.3, -0.25) is 9.59 Å². The van der Waals surface area contributed by atoms with Gasteiger partial charge >= 0.3 is 0 Å². The molecule has 22 heavy (non-hydrogen) atoms. The van der Waals surface area contributed by atoms with Gasteiger partial charge < -0.3 is 15.0 Å². The van der Waals surface area contributed by atoms with Gasteiger partial charge in [0.2, 0.25) is 5.91 Å². The van der Waals surface area contributed by atoms with Crippen LogP contribution in [-0.2, 0) is 11.3 Å². The van der Waals surface area contributed by atoms with Crippen molar-refractivity contribution in [3.63, 3.8) is 0 Å². The third-order valence-corrected chi connectivity index (χ3v) is 3.48. The van der Waals surface area contributed by atoms with Crippen molar-refractivity contribution in [1.82, 2.24) is 9.88 Å². The number of nitrogens with zero attached hydrogens (tertiary/aromatic N) is 1. The molecule has 0 saturated carbocycles. The molecule has 1 aromatic carbocycles. The second kappa shape index (κ2) is 7.56. The van der Waals surface area contributed by atoms with Gasteiger partial charge in [0.25, 0.3) is 5.56 Å². The Hall–Kier alpha value is -2.40. The van der Waals surface area contributed by atoms with Gasteiger partial charge in [0.1, 0.15) is 6.54 Å². The van der Waals surface area contributed by atoms with Crippen LogP contribution in [0, 0.1) is 6.92 Å². The number of aryl methyl sites for hydroxylation is 1. The Bertz CT molecular complexity index is 680. The average molecular weight is 300 g/mol. The summed E-state index contributed by atoms with van der Waals surface area (Å²) in [6.45, 7) is 1.66. The molecule has 0 aliphatic heterocycles. The molecule has 0 aliphatic rings. The number of amides is 1. The summed E-state index contributed by atoms with van der Waals surface area (Å²) in [6.07, 6.45) is 2.02. The van der Waals surface area contributed by atoms with Gasteiger partial charge in [0, 0.05) is 18.4 Å². The maximum absolute atomic E-state index is 12.2. The molecule has 0 aliphatic carbocycles. The van der Waals surface area contributed by atoms with E-state index in [1.165, 1.54) is 4.57 Å². The number of aromatic nitrogens is 1. The monoisotopic (exact) mass is 300 g/mol. The number of carbonyl (C=O) groups is 1. The van der Waals surface area contributed by atoms with E-state index >= 15 is 0 Å². The Morgan fingerprint density at radius 2 is 1.95 bits per heavy atom. The van der Waals surface area contributed by atoms with E-state index in [0.717, 1.165) is 5.56 Å². The predicted molar refractivity (Wildman–Crippen MR) is 84.5 cm³/mol. The van der Waals surface area contributed by atoms with Crippen molar-refractivity contribution in [2.45, 2.75) is 25.9 Å². The van der Waals surface area contributed by atoms with Crippen molar-refractivity contribution in [3.8, 4) is 0 Å². The molecule has 0 bridgehead atoms. The van der Waals surface area contributed by atoms with Crippen molar-refractivity contribution >= 4 is 5.91 Å². The first kappa shape index (κ1) is 16.0. The Morgan fingerprint density at radius 3 is 2.64 bits per heavy atom. The topological polar surface area (TPSA) is 71.3 Å². The molecule has 2 rings (SSSR count). The van der Waals surface area contributed by atoms with E-state index in [1.54, 1.807) is 25.3 Å². The molecule has 116 valence electrons. The smallest absolute Gasteiger partial charge is 0.253 e. The quantitative estimate of drug-likeness (QED) is 0.847. The van der Waals surface area contributed by atoms with Crippen molar-refractivity contribution in [3.05, 3.63) is 70.1 Å². The molecule has 5 heteroatoms. The number of aliphatic hydroxyl groups excluding tert-OH is 1. The molecule has 1 aromatic heterocycles. The number of hydrogen-bond acceptors (Lipinski definition) is 3. The number of benzene rings is 1. The largest absolute Gasteiger partial charge is 0.396 e. The molecular weight excluding hydrogens is 280 g/mol. The Morgan fingerprint density at radius 1 is 1.23 bits per heavy atom. The average Bonchev–Trinajstić information content (AvgIpc) is 2.52. The first-order valence-corrected chi connectivity index (χ1v) is 7.23. The first-order chi connectivity index (χ1) is 10.6. The SMILES string of the molecule is Cc1cccn(CC(=O)NC(CCO)c2ccccc2)c1=O. The number of carbonyl (C=O) groups excluding carboxylic acids is 1. The van der Waals surface area contributed by atoms with Crippen LogP contribution in [0.15, 0.2) is 53.5 Å². The molecular formula is C17H20N2O3. The number of nitrogens with one attached hydrogen (secondary N) is 1. The first-order valence-electron chi connectivity index (χ1n) is 7.23. The lowest BCUT2D eigenvalue weighted by Crippen LogP contribution is -2.35. The zero-order chi connectivity index (χ0) is 15.9. The Balaban J connectivity index is 2.09. The van der Waals surface area contributed by atoms with E-state index in [1.807, 2.05) is 30.3 Å². The lowest BCUT2D eigenvalue weighted by atomic mass is 10.0. The molecule has 0 spiro atoms. The van der Waals surface area contributed by atoms with Gasteiger partial charge in [-0.1, -0.05) is 36.4 Å². The van der Waals surface area contributed by atoms with Gasteiger partial charge in [-0.15, -0.1) is 0 Å². The second-order valence-electron chi connectivity index (χ2n) is 5.17. The number of pyridine rings is 1. The van der Waals surface area contributed by atoms with E-state index < -0.39 is 0 Å². The van der Waals surface area contributed by atoms with E-state index in [0.29, 0.717) is 12.0 Å². The summed E-state index contributed by atoms with van der Waals surface area (Å²) in [6, 6.07) is 12.7. The third-order valence-electron chi connectivity index (χ3n) is 3.48. The van der Waals surface area contributed by atoms with Crippen molar-refractivity contribution in [2.75, 3.05) is 6.61 Å². The van der Waals surface area contributed by atoms with E-state index in [9.17, 15) is 14.7 Å². The molecule has 0 saturated heterocycles. The molecule has 1 atom stereocenters. The molecule has 0 fully saturated rings. The normalized spacial score (nSPS) is 11.9. The minimum absolute atomic E-state index is 0.0236. The van der Waals surface area contributed by atoms with Gasteiger partial charge in [-0.2, -0.15) is 0 Å². The predicted octanol–water partition coefficient (Wildman–Crippen LogP) is 1.40. The van der Waals surface area contributed by atoms with Gasteiger partial charge in [-0.05, 0) is 25.0 Å². The van der Waals surface area contributed by atoms with E-state index in [4.69, 9.17) is 0 Å². The maximum atomic E-state index is 12.2. The summed E-state index contributed by atoms with van der Waals surface area (Å²) in [5, 5.41) is 12.0. The van der Waals surface area contributed by atoms with Crippen LogP contribution in [0.2, 0.25) is 0 Å². The molecule has 0 radical (unpaired) electrons. The summed E-state index contributed by atoms with van der Waals surface area (Å²) in [7, 11) is 0. The van der Waals surface area contributed by atoms with Crippen LogP contribution in [0.1, 0.15) is 23.6 Å². The van der Waals surface area contributed by atoms with Crippen LogP contribution in [0.4, 0.5) is 0 Å². The van der Waals surface area contributed by atoms with Crippen molar-refractivity contribution < 1.29 is 9.90 Å². The molecule has 1 amide bonds. The summed E-state index contributed by atoms with van der Waals surface area (Å²) in [4.78, 5) is 24.1. The molecule has 2 N–H and O–H groups in total. The number of rotatable bonds is 6. The van der Waals surface area contributed by atoms with Gasteiger partial charge in [-0.25, -0.2) is 0 Å². The Kier molecular flexibility index (Phi) is 5.49. The minimum Gasteiger partial charge on any atom is -0.396 e. The molecule has 2 aromatic rings. The third kappa shape index (κ3) is 4.05. The van der Waals surface area contributed by atoms with Gasteiger partial charge in [0.05, 0.1) is 6.04 Å². The molecule has 1 unspecified atom stereocenters. The fourth-order valence-electron chi connectivity index (χ4n) is 2.31. The minimum atomic E-state index is -0.265. The zero-order valence-corrected chi connectivity index (χ0v) is 12.5. The number of hydrogen-bond donors (Lipinski definition) is 2. The van der Waals surface area contributed by atoms with Crippen LogP contribution >= 0.6 is 0 Å². The van der Waals surface area contributed by atoms with Crippen LogP contribution < -0.4 is 10.9 Å². The highest BCUT2D eigenvalue weighted by atomic mass is 16.3. The fourth-order valence-corrected chi connectivity index (χ4v) is 2.31. The van der Waals surface area contributed by atoms with Crippen LogP contribution in [0.5, 0.6) is 0 Å². The summed E-state index contributed by atoms with van der Waals surface area (Å²) in [5.41, 5.74) is 1.36. The highest BCUT2D eigenvalue weighted by Gasteiger charge is 2.14. The maximum Gasteiger partial charge on any atom is 0.253 e. The summed E-state index contributed by atoms with van der Waals surface area (Å²) >= 11 is 0. The summed E-state index contributed by atoms with van der Waals surface area (Å²) in [5.74, 6) is -0.255. The van der Waals surface area contributed by atoms with E-state index in [2.05, 4.69) is 5.32 Å². The lowest BCUT2D eigenvalue weighted by molar-refractivity contribution is -0.122. The van der Waals surface area contributed by atoms with Crippen LogP contribution in [-0.4, -0.2) is 22.2 Å². The van der Waals surface area contributed by atoms with Crippen LogP contribution in [0.25, 0.3) is 0 Å². The molecule has 1 heterocycles. The van der Waals surface area contributed by atoms with Crippen molar-refractivity contribution in [1.29, 1.82) is 0 Å². The lowest BCUT2D eigenvalue weighted by Gasteiger charge is -2.18. The molecule has 5 nitrogen and oxygen atoms in total. The zero-order valence-electron chi connectivity index (χ0n) is 12.5. The Labute approximate surface area is 129 Å². The van der Waals surface area contributed by atoms with Gasteiger partial charge in [0.15, 0.2) is 0 Å². The highest BCUT2D eigenvalue weighted by molar-refractivity contribution is 5.76. The number of aliphatic hydroxyl groups is 1. The van der Waals surface area contributed by atoms with Crippen LogP contribution in [0.3, 0.4) is 0 Å². The second-order valence-corrected chi connectivity index (χ2v) is 5.17. The van der Waals surface area contributed by atoms with E-state index in [-0.39, 0.29) is 30.7 Å². The fraction of sp³-hybridized carbons (Fsp3) is 0.294. The van der Waals surface area contributed by atoms with Crippen molar-refractivity contribution in [2.24, 2.45) is 0 Å². The summed E-state index contributed by atoms with van der Waals surface area (Å²) < 4.78 is 1.38.